The van der Waals surface area contributed by atoms with Crippen molar-refractivity contribution >= 4 is 11.6 Å². The highest BCUT2D eigenvalue weighted by molar-refractivity contribution is 6.31. The van der Waals surface area contributed by atoms with E-state index in [-0.39, 0.29) is 11.4 Å². The van der Waals surface area contributed by atoms with Crippen molar-refractivity contribution in [2.45, 2.75) is 46.1 Å². The molecule has 1 rings (SSSR count). The molecule has 1 aromatic carbocycles. The Morgan fingerprint density at radius 1 is 1.33 bits per heavy atom. The van der Waals surface area contributed by atoms with Crippen molar-refractivity contribution in [1.29, 1.82) is 0 Å². The second-order valence-corrected chi connectivity index (χ2v) is 6.38. The Hall–Kier alpha value is -0.600. The molecule has 0 radical (unpaired) electrons. The number of hydrogen-bond acceptors (Lipinski definition) is 1. The fourth-order valence-corrected chi connectivity index (χ4v) is 2.00. The van der Waals surface area contributed by atoms with E-state index in [2.05, 4.69) is 33.0 Å². The lowest BCUT2D eigenvalue weighted by Gasteiger charge is -2.23. The smallest absolute Gasteiger partial charge is 0.127 e. The maximum Gasteiger partial charge on any atom is 0.127 e. The third-order valence-electron chi connectivity index (χ3n) is 2.93. The summed E-state index contributed by atoms with van der Waals surface area (Å²) in [7, 11) is 0. The van der Waals surface area contributed by atoms with Gasteiger partial charge in [-0.2, -0.15) is 0 Å². The van der Waals surface area contributed by atoms with Crippen LogP contribution in [0.2, 0.25) is 5.02 Å². The molecule has 102 valence electrons. The van der Waals surface area contributed by atoms with Gasteiger partial charge in [-0.1, -0.05) is 24.6 Å². The first-order valence-corrected chi connectivity index (χ1v) is 6.85. The van der Waals surface area contributed by atoms with E-state index in [9.17, 15) is 4.39 Å². The Bertz CT molecular complexity index is 364. The van der Waals surface area contributed by atoms with Crippen molar-refractivity contribution in [2.24, 2.45) is 5.92 Å². The first-order valence-electron chi connectivity index (χ1n) is 6.47. The van der Waals surface area contributed by atoms with E-state index >= 15 is 0 Å². The van der Waals surface area contributed by atoms with E-state index in [1.54, 1.807) is 12.1 Å². The summed E-state index contributed by atoms with van der Waals surface area (Å²) in [5.41, 5.74) is 0.769. The van der Waals surface area contributed by atoms with Crippen LogP contribution in [0.5, 0.6) is 0 Å². The van der Waals surface area contributed by atoms with Crippen LogP contribution in [-0.2, 0) is 6.42 Å². The second kappa shape index (κ2) is 6.53. The first kappa shape index (κ1) is 15.5. The molecule has 1 nitrogen and oxygen atoms in total. The summed E-state index contributed by atoms with van der Waals surface area (Å²) in [5.74, 6) is 0.304. The number of benzene rings is 1. The molecule has 0 aromatic heterocycles. The topological polar surface area (TPSA) is 12.0 Å². The van der Waals surface area contributed by atoms with Gasteiger partial charge in [0.2, 0.25) is 0 Å². The summed E-state index contributed by atoms with van der Waals surface area (Å²) in [5, 5.41) is 3.99. The molecule has 0 heterocycles. The summed E-state index contributed by atoms with van der Waals surface area (Å²) in [6.45, 7) is 9.55. The van der Waals surface area contributed by atoms with Gasteiger partial charge in [0.05, 0.1) is 0 Å². The van der Waals surface area contributed by atoms with E-state index in [0.717, 1.165) is 13.0 Å². The van der Waals surface area contributed by atoms with Crippen LogP contribution in [0.1, 0.15) is 39.7 Å². The highest BCUT2D eigenvalue weighted by Crippen LogP contribution is 2.22. The molecule has 0 bridgehead atoms. The van der Waals surface area contributed by atoms with Crippen LogP contribution < -0.4 is 5.32 Å². The van der Waals surface area contributed by atoms with E-state index in [1.807, 2.05) is 0 Å². The monoisotopic (exact) mass is 271 g/mol. The van der Waals surface area contributed by atoms with E-state index in [1.165, 1.54) is 6.07 Å². The van der Waals surface area contributed by atoms with Crippen molar-refractivity contribution in [3.8, 4) is 0 Å². The van der Waals surface area contributed by atoms with Crippen molar-refractivity contribution in [3.05, 3.63) is 34.6 Å². The highest BCUT2D eigenvalue weighted by Gasteiger charge is 2.13. The standard InChI is InChI=1S/C15H23ClFN/c1-11(10-18-15(2,3)4)8-9-12-13(16)6-5-7-14(12)17/h5-7,11,18H,8-10H2,1-4H3. The van der Waals surface area contributed by atoms with Crippen LogP contribution in [0.15, 0.2) is 18.2 Å². The summed E-state index contributed by atoms with van der Waals surface area (Å²) >= 11 is 6.01. The predicted octanol–water partition coefficient (Wildman–Crippen LogP) is 4.44. The van der Waals surface area contributed by atoms with Crippen molar-refractivity contribution in [3.63, 3.8) is 0 Å². The fraction of sp³-hybridized carbons (Fsp3) is 0.600. The molecule has 0 saturated carbocycles. The van der Waals surface area contributed by atoms with Gasteiger partial charge in [-0.3, -0.25) is 0 Å². The molecular weight excluding hydrogens is 249 g/mol. The molecule has 0 saturated heterocycles. The zero-order valence-electron chi connectivity index (χ0n) is 11.7. The van der Waals surface area contributed by atoms with Gasteiger partial charge in [0.15, 0.2) is 0 Å². The van der Waals surface area contributed by atoms with Crippen LogP contribution in [0, 0.1) is 11.7 Å². The van der Waals surface area contributed by atoms with Crippen LogP contribution >= 0.6 is 11.6 Å². The Balaban J connectivity index is 2.45. The molecule has 1 N–H and O–H groups in total. The molecule has 0 spiro atoms. The van der Waals surface area contributed by atoms with E-state index < -0.39 is 0 Å². The fourth-order valence-electron chi connectivity index (χ4n) is 1.74. The van der Waals surface area contributed by atoms with E-state index in [0.29, 0.717) is 22.9 Å². The first-order chi connectivity index (χ1) is 8.29. The summed E-state index contributed by atoms with van der Waals surface area (Å²) in [4.78, 5) is 0. The quantitative estimate of drug-likeness (QED) is 0.835. The summed E-state index contributed by atoms with van der Waals surface area (Å²) in [6.07, 6.45) is 1.63. The zero-order valence-corrected chi connectivity index (χ0v) is 12.4. The predicted molar refractivity (Wildman–Crippen MR) is 76.7 cm³/mol. The second-order valence-electron chi connectivity index (χ2n) is 5.97. The van der Waals surface area contributed by atoms with Crippen molar-refractivity contribution in [2.75, 3.05) is 6.54 Å². The molecule has 0 aliphatic carbocycles. The van der Waals surface area contributed by atoms with Crippen LogP contribution in [-0.4, -0.2) is 12.1 Å². The lowest BCUT2D eigenvalue weighted by atomic mass is 9.99. The molecule has 18 heavy (non-hydrogen) atoms. The molecule has 1 aromatic rings. The Morgan fingerprint density at radius 3 is 2.56 bits per heavy atom. The van der Waals surface area contributed by atoms with Gasteiger partial charge in [0.25, 0.3) is 0 Å². The third-order valence-corrected chi connectivity index (χ3v) is 3.28. The largest absolute Gasteiger partial charge is 0.312 e. The van der Waals surface area contributed by atoms with Gasteiger partial charge in [-0.05, 0) is 58.2 Å². The lowest BCUT2D eigenvalue weighted by molar-refractivity contribution is 0.372. The van der Waals surface area contributed by atoms with Gasteiger partial charge in [-0.15, -0.1) is 0 Å². The summed E-state index contributed by atoms with van der Waals surface area (Å²) < 4.78 is 13.6. The maximum atomic E-state index is 13.6. The Labute approximate surface area is 115 Å². The van der Waals surface area contributed by atoms with Gasteiger partial charge in [-0.25, -0.2) is 4.39 Å². The molecule has 1 atom stereocenters. The maximum absolute atomic E-state index is 13.6. The van der Waals surface area contributed by atoms with E-state index in [4.69, 9.17) is 11.6 Å². The normalized spacial score (nSPS) is 13.7. The van der Waals surface area contributed by atoms with Gasteiger partial charge in [0.1, 0.15) is 5.82 Å². The van der Waals surface area contributed by atoms with Gasteiger partial charge < -0.3 is 5.32 Å². The number of halogens is 2. The number of hydrogen-bond donors (Lipinski definition) is 1. The van der Waals surface area contributed by atoms with Crippen LogP contribution in [0.25, 0.3) is 0 Å². The number of nitrogens with one attached hydrogen (secondary N) is 1. The molecule has 1 unspecified atom stereocenters. The average Bonchev–Trinajstić information content (AvgIpc) is 2.25. The summed E-state index contributed by atoms with van der Waals surface area (Å²) in [6, 6.07) is 4.86. The Morgan fingerprint density at radius 2 is 2.00 bits per heavy atom. The highest BCUT2D eigenvalue weighted by atomic mass is 35.5. The average molecular weight is 272 g/mol. The minimum Gasteiger partial charge on any atom is -0.312 e. The molecule has 0 fully saturated rings. The molecule has 0 amide bonds. The minimum atomic E-state index is -0.196. The van der Waals surface area contributed by atoms with Crippen molar-refractivity contribution < 1.29 is 4.39 Å². The zero-order chi connectivity index (χ0) is 13.8. The molecular formula is C15H23ClFN. The SMILES string of the molecule is CC(CCc1c(F)cccc1Cl)CNC(C)(C)C. The van der Waals surface area contributed by atoms with Gasteiger partial charge >= 0.3 is 0 Å². The van der Waals surface area contributed by atoms with Crippen molar-refractivity contribution in [1.82, 2.24) is 5.32 Å². The number of rotatable bonds is 5. The Kier molecular flexibility index (Phi) is 5.61. The van der Waals surface area contributed by atoms with Crippen LogP contribution in [0.4, 0.5) is 4.39 Å². The molecule has 3 heteroatoms. The minimum absolute atomic E-state index is 0.129. The van der Waals surface area contributed by atoms with Gasteiger partial charge in [0, 0.05) is 16.1 Å². The third kappa shape index (κ3) is 5.36. The molecule has 0 aliphatic rings. The lowest BCUT2D eigenvalue weighted by Crippen LogP contribution is -2.38. The molecule has 0 aliphatic heterocycles. The van der Waals surface area contributed by atoms with Crippen LogP contribution in [0.3, 0.4) is 0 Å².